The van der Waals surface area contributed by atoms with E-state index in [9.17, 15) is 4.79 Å². The third kappa shape index (κ3) is 1.89. The van der Waals surface area contributed by atoms with E-state index in [1.54, 1.807) is 19.2 Å². The van der Waals surface area contributed by atoms with E-state index >= 15 is 0 Å². The molecule has 0 spiro atoms. The third-order valence-electron chi connectivity index (χ3n) is 3.03. The van der Waals surface area contributed by atoms with Crippen LogP contribution < -0.4 is 10.4 Å². The molecular weight excluding hydrogens is 240 g/mol. The van der Waals surface area contributed by atoms with Crippen molar-refractivity contribution in [1.29, 1.82) is 0 Å². The van der Waals surface area contributed by atoms with Crippen molar-refractivity contribution >= 4 is 10.8 Å². The molecule has 3 heteroatoms. The molecule has 3 rings (SSSR count). The summed E-state index contributed by atoms with van der Waals surface area (Å²) >= 11 is 0. The molecule has 2 aromatic carbocycles. The summed E-state index contributed by atoms with van der Waals surface area (Å²) in [5, 5.41) is 1.29. The van der Waals surface area contributed by atoms with Gasteiger partial charge >= 0.3 is 5.63 Å². The highest BCUT2D eigenvalue weighted by atomic mass is 16.5. The third-order valence-corrected chi connectivity index (χ3v) is 3.03. The van der Waals surface area contributed by atoms with Crippen LogP contribution >= 0.6 is 0 Å². The van der Waals surface area contributed by atoms with Gasteiger partial charge in [0.25, 0.3) is 0 Å². The van der Waals surface area contributed by atoms with Crippen molar-refractivity contribution in [2.45, 2.75) is 0 Å². The molecule has 94 valence electrons. The lowest BCUT2D eigenvalue weighted by Gasteiger charge is -2.09. The summed E-state index contributed by atoms with van der Waals surface area (Å²) in [5.41, 5.74) is 0.470. The topological polar surface area (TPSA) is 39.4 Å². The molecule has 0 fully saturated rings. The average Bonchev–Trinajstić information content (AvgIpc) is 2.48. The highest BCUT2D eigenvalue weighted by Gasteiger charge is 2.15. The molecule has 3 aromatic rings. The SMILES string of the molecule is COc1c(-c2ccccc2)oc(=O)c2ccccc12. The first-order valence-electron chi connectivity index (χ1n) is 5.96. The fourth-order valence-corrected chi connectivity index (χ4v) is 2.16. The summed E-state index contributed by atoms with van der Waals surface area (Å²) in [6.45, 7) is 0. The Kier molecular flexibility index (Phi) is 2.80. The predicted molar refractivity (Wildman–Crippen MR) is 74.5 cm³/mol. The molecule has 0 aliphatic rings. The lowest BCUT2D eigenvalue weighted by atomic mass is 10.1. The van der Waals surface area contributed by atoms with Crippen molar-refractivity contribution in [3.63, 3.8) is 0 Å². The molecule has 0 unspecified atom stereocenters. The van der Waals surface area contributed by atoms with Gasteiger partial charge in [-0.1, -0.05) is 48.5 Å². The molecule has 0 saturated heterocycles. The second-order valence-electron chi connectivity index (χ2n) is 4.16. The van der Waals surface area contributed by atoms with Gasteiger partial charge in [-0.25, -0.2) is 4.79 Å². The summed E-state index contributed by atoms with van der Waals surface area (Å²) < 4.78 is 10.9. The Hall–Kier alpha value is -2.55. The number of hydrogen-bond donors (Lipinski definition) is 0. The van der Waals surface area contributed by atoms with Crippen molar-refractivity contribution in [2.75, 3.05) is 7.11 Å². The Bertz CT molecular complexity index is 773. The van der Waals surface area contributed by atoms with Crippen LogP contribution in [-0.4, -0.2) is 7.11 Å². The molecule has 0 aliphatic heterocycles. The van der Waals surface area contributed by atoms with E-state index in [1.165, 1.54) is 0 Å². The van der Waals surface area contributed by atoms with Gasteiger partial charge in [-0.3, -0.25) is 0 Å². The highest BCUT2D eigenvalue weighted by Crippen LogP contribution is 2.34. The minimum absolute atomic E-state index is 0.352. The van der Waals surface area contributed by atoms with Gasteiger partial charge in [-0.05, 0) is 6.07 Å². The predicted octanol–water partition coefficient (Wildman–Crippen LogP) is 3.47. The number of rotatable bonds is 2. The maximum atomic E-state index is 12.0. The normalized spacial score (nSPS) is 10.6. The second kappa shape index (κ2) is 4.61. The van der Waals surface area contributed by atoms with Crippen molar-refractivity contribution in [3.05, 3.63) is 65.0 Å². The zero-order valence-corrected chi connectivity index (χ0v) is 10.4. The fraction of sp³-hybridized carbons (Fsp3) is 0.0625. The van der Waals surface area contributed by atoms with Crippen LogP contribution in [0.3, 0.4) is 0 Å². The first kappa shape index (κ1) is 11.5. The van der Waals surface area contributed by atoms with Crippen LogP contribution in [0.2, 0.25) is 0 Å². The smallest absolute Gasteiger partial charge is 0.344 e. The first-order valence-corrected chi connectivity index (χ1v) is 5.96. The monoisotopic (exact) mass is 252 g/mol. The molecular formula is C16H12O3. The van der Waals surface area contributed by atoms with E-state index in [-0.39, 0.29) is 5.63 Å². The Morgan fingerprint density at radius 2 is 1.53 bits per heavy atom. The van der Waals surface area contributed by atoms with E-state index in [0.717, 1.165) is 10.9 Å². The van der Waals surface area contributed by atoms with Crippen molar-refractivity contribution in [1.82, 2.24) is 0 Å². The number of hydrogen-bond acceptors (Lipinski definition) is 3. The first-order chi connectivity index (χ1) is 9.31. The van der Waals surface area contributed by atoms with Crippen molar-refractivity contribution < 1.29 is 9.15 Å². The Balaban J connectivity index is 2.41. The summed E-state index contributed by atoms with van der Waals surface area (Å²) in [5.74, 6) is 1.05. The quantitative estimate of drug-likeness (QED) is 0.701. The van der Waals surface area contributed by atoms with Gasteiger partial charge in [0.1, 0.15) is 0 Å². The zero-order valence-electron chi connectivity index (χ0n) is 10.4. The van der Waals surface area contributed by atoms with E-state index in [1.807, 2.05) is 42.5 Å². The van der Waals surface area contributed by atoms with Crippen LogP contribution in [0.25, 0.3) is 22.1 Å². The summed E-state index contributed by atoms with van der Waals surface area (Å²) in [4.78, 5) is 12.0. The molecule has 0 N–H and O–H groups in total. The lowest BCUT2D eigenvalue weighted by molar-refractivity contribution is 0.399. The molecule has 3 nitrogen and oxygen atoms in total. The van der Waals surface area contributed by atoms with Gasteiger partial charge in [-0.2, -0.15) is 0 Å². The summed E-state index contributed by atoms with van der Waals surface area (Å²) in [6.07, 6.45) is 0. The maximum absolute atomic E-state index is 12.0. The minimum Gasteiger partial charge on any atom is -0.492 e. The molecule has 0 atom stereocenters. The Morgan fingerprint density at radius 1 is 0.895 bits per heavy atom. The number of fused-ring (bicyclic) bond motifs is 1. The largest absolute Gasteiger partial charge is 0.492 e. The van der Waals surface area contributed by atoms with Crippen LogP contribution in [-0.2, 0) is 0 Å². The molecule has 1 aromatic heterocycles. The standard InChI is InChI=1S/C16H12O3/c1-18-15-12-9-5-6-10-13(12)16(17)19-14(15)11-7-3-2-4-8-11/h2-10H,1H3. The van der Waals surface area contributed by atoms with Crippen LogP contribution in [0.4, 0.5) is 0 Å². The molecule has 0 amide bonds. The molecule has 0 saturated carbocycles. The summed E-state index contributed by atoms with van der Waals surface area (Å²) in [6, 6.07) is 16.7. The van der Waals surface area contributed by atoms with Crippen LogP contribution in [0.1, 0.15) is 0 Å². The zero-order chi connectivity index (χ0) is 13.2. The number of benzene rings is 2. The van der Waals surface area contributed by atoms with Gasteiger partial charge in [0.15, 0.2) is 11.5 Å². The number of ether oxygens (including phenoxy) is 1. The van der Waals surface area contributed by atoms with Crippen molar-refractivity contribution in [2.24, 2.45) is 0 Å². The van der Waals surface area contributed by atoms with Crippen molar-refractivity contribution in [3.8, 4) is 17.1 Å². The minimum atomic E-state index is -0.352. The van der Waals surface area contributed by atoms with Gasteiger partial charge < -0.3 is 9.15 Å². The molecule has 1 heterocycles. The van der Waals surface area contributed by atoms with Gasteiger partial charge in [0.2, 0.25) is 0 Å². The van der Waals surface area contributed by atoms with E-state index in [4.69, 9.17) is 9.15 Å². The Labute approximate surface area is 110 Å². The molecule has 0 bridgehead atoms. The average molecular weight is 252 g/mol. The molecule has 19 heavy (non-hydrogen) atoms. The van der Waals surface area contributed by atoms with E-state index in [2.05, 4.69) is 0 Å². The lowest BCUT2D eigenvalue weighted by Crippen LogP contribution is -2.03. The van der Waals surface area contributed by atoms with Crippen LogP contribution in [0, 0.1) is 0 Å². The summed E-state index contributed by atoms with van der Waals surface area (Å²) in [7, 11) is 1.58. The van der Waals surface area contributed by atoms with Crippen LogP contribution in [0.5, 0.6) is 5.75 Å². The molecule has 0 radical (unpaired) electrons. The van der Waals surface area contributed by atoms with Crippen LogP contribution in [0.15, 0.2) is 63.8 Å². The van der Waals surface area contributed by atoms with Gasteiger partial charge in [0, 0.05) is 10.9 Å². The molecule has 0 aliphatic carbocycles. The van der Waals surface area contributed by atoms with E-state index < -0.39 is 0 Å². The van der Waals surface area contributed by atoms with Gasteiger partial charge in [-0.15, -0.1) is 0 Å². The second-order valence-corrected chi connectivity index (χ2v) is 4.16. The maximum Gasteiger partial charge on any atom is 0.344 e. The Morgan fingerprint density at radius 3 is 2.21 bits per heavy atom. The fourth-order valence-electron chi connectivity index (χ4n) is 2.16. The van der Waals surface area contributed by atoms with Gasteiger partial charge in [0.05, 0.1) is 12.5 Å². The highest BCUT2D eigenvalue weighted by molar-refractivity contribution is 5.91. The number of methoxy groups -OCH3 is 1. The van der Waals surface area contributed by atoms with E-state index in [0.29, 0.717) is 16.9 Å².